The Balaban J connectivity index is 1.63. The molecule has 0 aliphatic carbocycles. The Bertz CT molecular complexity index is 868. The van der Waals surface area contributed by atoms with Crippen molar-refractivity contribution in [2.45, 2.75) is 40.2 Å². The van der Waals surface area contributed by atoms with Crippen LogP contribution in [0.5, 0.6) is 0 Å². The standard InChI is InChI=1S/C24H31N3O2/c1-17-8-10-21(11-9-17)22(25-20(4)28)16-24(29)27-14-12-26(13-15-27)23-7-5-6-18(2)19(23)3/h5-11,22H,12-16H2,1-4H3,(H,25,28). The molecule has 29 heavy (non-hydrogen) atoms. The van der Waals surface area contributed by atoms with Gasteiger partial charge in [0.2, 0.25) is 11.8 Å². The quantitative estimate of drug-likeness (QED) is 0.846. The van der Waals surface area contributed by atoms with Crippen LogP contribution in [-0.2, 0) is 9.59 Å². The normalized spacial score (nSPS) is 15.2. The molecule has 1 saturated heterocycles. The van der Waals surface area contributed by atoms with Gasteiger partial charge in [0, 0.05) is 38.8 Å². The van der Waals surface area contributed by atoms with E-state index in [9.17, 15) is 9.59 Å². The summed E-state index contributed by atoms with van der Waals surface area (Å²) in [6.07, 6.45) is 0.284. The molecule has 1 atom stereocenters. The number of nitrogens with zero attached hydrogens (tertiary/aromatic N) is 2. The largest absolute Gasteiger partial charge is 0.368 e. The zero-order valence-corrected chi connectivity index (χ0v) is 17.9. The molecular formula is C24H31N3O2. The van der Waals surface area contributed by atoms with Crippen molar-refractivity contribution in [1.29, 1.82) is 0 Å². The van der Waals surface area contributed by atoms with Gasteiger partial charge in [-0.3, -0.25) is 9.59 Å². The lowest BCUT2D eigenvalue weighted by Gasteiger charge is -2.37. The van der Waals surface area contributed by atoms with Gasteiger partial charge < -0.3 is 15.1 Å². The number of carbonyl (C=O) groups is 2. The molecule has 1 heterocycles. The van der Waals surface area contributed by atoms with Crippen LogP contribution in [-0.4, -0.2) is 42.9 Å². The minimum atomic E-state index is -0.294. The number of rotatable bonds is 5. The molecule has 1 aliphatic heterocycles. The molecule has 0 bridgehead atoms. The summed E-state index contributed by atoms with van der Waals surface area (Å²) >= 11 is 0. The van der Waals surface area contributed by atoms with Crippen molar-refractivity contribution in [3.63, 3.8) is 0 Å². The molecule has 5 heteroatoms. The first-order chi connectivity index (χ1) is 13.8. The average Bonchev–Trinajstić information content (AvgIpc) is 2.70. The highest BCUT2D eigenvalue weighted by Gasteiger charge is 2.25. The smallest absolute Gasteiger partial charge is 0.225 e. The fraction of sp³-hybridized carbons (Fsp3) is 0.417. The van der Waals surface area contributed by atoms with E-state index in [-0.39, 0.29) is 24.3 Å². The number of carbonyl (C=O) groups excluding carboxylic acids is 2. The van der Waals surface area contributed by atoms with E-state index in [4.69, 9.17) is 0 Å². The molecule has 0 aromatic heterocycles. The molecule has 1 N–H and O–H groups in total. The fourth-order valence-electron chi connectivity index (χ4n) is 3.87. The predicted octanol–water partition coefficient (Wildman–Crippen LogP) is 3.53. The number of hydrogen-bond acceptors (Lipinski definition) is 3. The molecule has 1 aliphatic rings. The molecule has 2 amide bonds. The van der Waals surface area contributed by atoms with E-state index in [1.807, 2.05) is 36.1 Å². The number of hydrogen-bond donors (Lipinski definition) is 1. The zero-order valence-electron chi connectivity index (χ0n) is 17.9. The Morgan fingerprint density at radius 2 is 1.62 bits per heavy atom. The minimum absolute atomic E-state index is 0.0879. The van der Waals surface area contributed by atoms with Gasteiger partial charge in [0.05, 0.1) is 12.5 Å². The molecular weight excluding hydrogens is 362 g/mol. The Labute approximate surface area is 173 Å². The van der Waals surface area contributed by atoms with Crippen LogP contribution in [0.25, 0.3) is 0 Å². The van der Waals surface area contributed by atoms with Crippen molar-refractivity contribution in [2.75, 3.05) is 31.1 Å². The summed E-state index contributed by atoms with van der Waals surface area (Å²) in [6.45, 7) is 10.9. The van der Waals surface area contributed by atoms with Gasteiger partial charge in [-0.2, -0.15) is 0 Å². The van der Waals surface area contributed by atoms with Gasteiger partial charge >= 0.3 is 0 Å². The number of piperazine rings is 1. The average molecular weight is 394 g/mol. The summed E-state index contributed by atoms with van der Waals surface area (Å²) in [7, 11) is 0. The topological polar surface area (TPSA) is 52.7 Å². The Morgan fingerprint density at radius 1 is 0.966 bits per heavy atom. The summed E-state index contributed by atoms with van der Waals surface area (Å²) in [5.41, 5.74) is 5.97. The maximum Gasteiger partial charge on any atom is 0.225 e. The molecule has 154 valence electrons. The van der Waals surface area contributed by atoms with Crippen LogP contribution >= 0.6 is 0 Å². The summed E-state index contributed by atoms with van der Waals surface area (Å²) < 4.78 is 0. The number of benzene rings is 2. The second-order valence-corrected chi connectivity index (χ2v) is 7.95. The van der Waals surface area contributed by atoms with Crippen molar-refractivity contribution in [3.8, 4) is 0 Å². The molecule has 5 nitrogen and oxygen atoms in total. The van der Waals surface area contributed by atoms with Gasteiger partial charge in [-0.1, -0.05) is 42.0 Å². The Kier molecular flexibility index (Phi) is 6.57. The highest BCUT2D eigenvalue weighted by atomic mass is 16.2. The monoisotopic (exact) mass is 393 g/mol. The van der Waals surface area contributed by atoms with E-state index in [1.54, 1.807) is 0 Å². The maximum absolute atomic E-state index is 13.0. The molecule has 2 aromatic carbocycles. The van der Waals surface area contributed by atoms with E-state index in [1.165, 1.54) is 23.7 Å². The summed E-state index contributed by atoms with van der Waals surface area (Å²) in [4.78, 5) is 28.9. The predicted molar refractivity (Wildman–Crippen MR) is 117 cm³/mol. The number of amides is 2. The van der Waals surface area contributed by atoms with E-state index in [0.717, 1.165) is 24.2 Å². The third kappa shape index (κ3) is 5.17. The highest BCUT2D eigenvalue weighted by molar-refractivity contribution is 5.79. The van der Waals surface area contributed by atoms with E-state index >= 15 is 0 Å². The van der Waals surface area contributed by atoms with Crippen molar-refractivity contribution in [3.05, 3.63) is 64.7 Å². The van der Waals surface area contributed by atoms with Gasteiger partial charge in [-0.15, -0.1) is 0 Å². The van der Waals surface area contributed by atoms with Crippen LogP contribution in [0.15, 0.2) is 42.5 Å². The van der Waals surface area contributed by atoms with Crippen molar-refractivity contribution < 1.29 is 9.59 Å². The van der Waals surface area contributed by atoms with E-state index in [2.05, 4.69) is 42.3 Å². The first-order valence-corrected chi connectivity index (χ1v) is 10.3. The molecule has 1 unspecified atom stereocenters. The van der Waals surface area contributed by atoms with Gasteiger partial charge in [-0.25, -0.2) is 0 Å². The zero-order chi connectivity index (χ0) is 21.0. The van der Waals surface area contributed by atoms with Gasteiger partial charge in [-0.05, 0) is 43.5 Å². The van der Waals surface area contributed by atoms with Gasteiger partial charge in [0.25, 0.3) is 0 Å². The maximum atomic E-state index is 13.0. The van der Waals surface area contributed by atoms with E-state index in [0.29, 0.717) is 13.1 Å². The lowest BCUT2D eigenvalue weighted by Crippen LogP contribution is -2.49. The third-order valence-electron chi connectivity index (χ3n) is 5.79. The van der Waals surface area contributed by atoms with Gasteiger partial charge in [0.1, 0.15) is 0 Å². The third-order valence-corrected chi connectivity index (χ3v) is 5.79. The summed E-state index contributed by atoms with van der Waals surface area (Å²) in [5, 5.41) is 2.94. The van der Waals surface area contributed by atoms with Gasteiger partial charge in [0.15, 0.2) is 0 Å². The number of anilines is 1. The van der Waals surface area contributed by atoms with Crippen LogP contribution in [0.1, 0.15) is 41.6 Å². The SMILES string of the molecule is CC(=O)NC(CC(=O)N1CCN(c2cccc(C)c2C)CC1)c1ccc(C)cc1. The minimum Gasteiger partial charge on any atom is -0.368 e. The second kappa shape index (κ2) is 9.12. The second-order valence-electron chi connectivity index (χ2n) is 7.95. The molecule has 2 aromatic rings. The molecule has 3 rings (SSSR count). The van der Waals surface area contributed by atoms with Crippen LogP contribution in [0.2, 0.25) is 0 Å². The van der Waals surface area contributed by atoms with Crippen LogP contribution < -0.4 is 10.2 Å². The lowest BCUT2D eigenvalue weighted by atomic mass is 10.0. The number of aryl methyl sites for hydroxylation is 2. The lowest BCUT2D eigenvalue weighted by molar-refractivity contribution is -0.132. The van der Waals surface area contributed by atoms with Crippen LogP contribution in [0, 0.1) is 20.8 Å². The fourth-order valence-corrected chi connectivity index (χ4v) is 3.87. The summed E-state index contributed by atoms with van der Waals surface area (Å²) in [5.74, 6) is -0.0342. The highest BCUT2D eigenvalue weighted by Crippen LogP contribution is 2.25. The Morgan fingerprint density at radius 3 is 2.24 bits per heavy atom. The molecule has 0 saturated carbocycles. The summed E-state index contributed by atoms with van der Waals surface area (Å²) in [6, 6.07) is 14.1. The molecule has 1 fully saturated rings. The number of nitrogens with one attached hydrogen (secondary N) is 1. The van der Waals surface area contributed by atoms with Crippen molar-refractivity contribution >= 4 is 17.5 Å². The Hall–Kier alpha value is -2.82. The first-order valence-electron chi connectivity index (χ1n) is 10.3. The van der Waals surface area contributed by atoms with Crippen molar-refractivity contribution in [2.24, 2.45) is 0 Å². The van der Waals surface area contributed by atoms with Crippen molar-refractivity contribution in [1.82, 2.24) is 10.2 Å². The molecule has 0 radical (unpaired) electrons. The van der Waals surface area contributed by atoms with Crippen LogP contribution in [0.4, 0.5) is 5.69 Å². The first kappa shape index (κ1) is 20.9. The van der Waals surface area contributed by atoms with E-state index < -0.39 is 0 Å². The molecule has 0 spiro atoms. The van der Waals surface area contributed by atoms with Crippen LogP contribution in [0.3, 0.4) is 0 Å².